The highest BCUT2D eigenvalue weighted by Gasteiger charge is 2.67. The smallest absolute Gasteiger partial charge is 0.266 e. The number of hydrogen-bond donors (Lipinski definition) is 1. The standard InChI is InChI=1S/C46H44FN3O6Si/c1-29-43(57(2,3)47)41(25-42(52)48-27-32-15-5-4-14-31(32)24-34(48)28-51)56-46(29)36-18-7-8-19-37(36)49(45(46)54)26-30-13-12-16-33(23-30)50-38-20-9-11-22-40(38)55-39-21-10-6-17-35(39)44(50)53/h4-23,29,34,41,43,51H,24-28H2,1-3H3/t29-,34+,41+,43-,46+/m1/s1. The number of amides is 3. The van der Waals surface area contributed by atoms with E-state index >= 15 is 8.90 Å². The molecule has 5 aromatic carbocycles. The summed E-state index contributed by atoms with van der Waals surface area (Å²) in [6, 6.07) is 37.1. The molecule has 1 spiro atoms. The number of fused-ring (bicyclic) bond motifs is 5. The first-order chi connectivity index (χ1) is 27.5. The van der Waals surface area contributed by atoms with Crippen molar-refractivity contribution in [1.29, 1.82) is 0 Å². The topological polar surface area (TPSA) is 99.6 Å². The number of halogens is 1. The normalized spacial score (nSPS) is 23.8. The second-order valence-electron chi connectivity index (χ2n) is 16.1. The molecule has 5 aromatic rings. The Labute approximate surface area is 332 Å². The average molecular weight is 782 g/mol. The lowest BCUT2D eigenvalue weighted by Crippen LogP contribution is -2.48. The molecule has 3 amide bonds. The van der Waals surface area contributed by atoms with Gasteiger partial charge in [-0.1, -0.05) is 85.8 Å². The quantitative estimate of drug-likeness (QED) is 0.132. The predicted molar refractivity (Wildman–Crippen MR) is 218 cm³/mol. The minimum atomic E-state index is -3.55. The van der Waals surface area contributed by atoms with Gasteiger partial charge in [-0.3, -0.25) is 19.3 Å². The molecular weight excluding hydrogens is 738 g/mol. The number of ether oxygens (including phenoxy) is 2. The second kappa shape index (κ2) is 14.1. The van der Waals surface area contributed by atoms with Gasteiger partial charge in [0.1, 0.15) is 5.75 Å². The van der Waals surface area contributed by atoms with E-state index in [1.54, 1.807) is 46.0 Å². The monoisotopic (exact) mass is 781 g/mol. The van der Waals surface area contributed by atoms with E-state index in [2.05, 4.69) is 0 Å². The van der Waals surface area contributed by atoms with Crippen molar-refractivity contribution < 1.29 is 33.1 Å². The first-order valence-corrected chi connectivity index (χ1v) is 22.5. The zero-order chi connectivity index (χ0) is 39.6. The van der Waals surface area contributed by atoms with E-state index in [0.717, 1.165) is 16.7 Å². The van der Waals surface area contributed by atoms with E-state index in [4.69, 9.17) is 9.47 Å². The van der Waals surface area contributed by atoms with Crippen LogP contribution in [0.5, 0.6) is 11.5 Å². The predicted octanol–water partition coefficient (Wildman–Crippen LogP) is 8.43. The summed E-state index contributed by atoms with van der Waals surface area (Å²) in [5.74, 6) is -0.348. The molecule has 1 saturated heterocycles. The number of anilines is 3. The Balaban J connectivity index is 1.04. The van der Waals surface area contributed by atoms with Crippen LogP contribution in [0.3, 0.4) is 0 Å². The molecule has 0 aliphatic carbocycles. The fourth-order valence-corrected chi connectivity index (χ4v) is 12.2. The molecule has 4 aliphatic rings. The Morgan fingerprint density at radius 1 is 0.860 bits per heavy atom. The highest BCUT2D eigenvalue weighted by atomic mass is 28.4. The van der Waals surface area contributed by atoms with Gasteiger partial charge in [-0.05, 0) is 78.7 Å². The lowest BCUT2D eigenvalue weighted by atomic mass is 9.82. The Morgan fingerprint density at radius 2 is 1.54 bits per heavy atom. The molecule has 0 unspecified atom stereocenters. The van der Waals surface area contributed by atoms with Gasteiger partial charge in [0, 0.05) is 29.3 Å². The van der Waals surface area contributed by atoms with Gasteiger partial charge in [-0.2, -0.15) is 0 Å². The average Bonchev–Trinajstić information content (AvgIpc) is 3.58. The van der Waals surface area contributed by atoms with Gasteiger partial charge in [0.25, 0.3) is 11.8 Å². The van der Waals surface area contributed by atoms with E-state index in [1.807, 2.05) is 110 Å². The molecule has 9 nitrogen and oxygen atoms in total. The number of aliphatic hydroxyl groups excluding tert-OH is 1. The minimum Gasteiger partial charge on any atom is -0.454 e. The fourth-order valence-electron chi connectivity index (χ4n) is 9.73. The number of carbonyl (C=O) groups is 3. The van der Waals surface area contributed by atoms with Crippen LogP contribution in [-0.2, 0) is 39.4 Å². The number of nitrogens with zero attached hydrogens (tertiary/aromatic N) is 3. The van der Waals surface area contributed by atoms with Crippen LogP contribution < -0.4 is 14.5 Å². The van der Waals surface area contributed by atoms with E-state index in [-0.39, 0.29) is 37.3 Å². The summed E-state index contributed by atoms with van der Waals surface area (Å²) in [4.78, 5) is 48.5. The molecule has 0 bridgehead atoms. The Hall–Kier alpha value is -5.62. The van der Waals surface area contributed by atoms with E-state index in [1.165, 1.54) is 0 Å². The molecule has 9 rings (SSSR count). The van der Waals surface area contributed by atoms with Crippen molar-refractivity contribution in [3.8, 4) is 11.5 Å². The van der Waals surface area contributed by atoms with Crippen molar-refractivity contribution in [3.05, 3.63) is 149 Å². The van der Waals surface area contributed by atoms with Crippen molar-refractivity contribution in [2.45, 2.75) is 69.2 Å². The molecule has 4 aliphatic heterocycles. The number of para-hydroxylation sites is 4. The largest absolute Gasteiger partial charge is 0.454 e. The van der Waals surface area contributed by atoms with Gasteiger partial charge < -0.3 is 28.5 Å². The maximum absolute atomic E-state index is 16.6. The minimum absolute atomic E-state index is 0.106. The highest BCUT2D eigenvalue weighted by Crippen LogP contribution is 2.60. The van der Waals surface area contributed by atoms with Crippen LogP contribution in [-0.4, -0.2) is 54.9 Å². The van der Waals surface area contributed by atoms with E-state index in [0.29, 0.717) is 52.7 Å². The lowest BCUT2D eigenvalue weighted by molar-refractivity contribution is -0.151. The van der Waals surface area contributed by atoms with Crippen molar-refractivity contribution >= 4 is 43.2 Å². The molecule has 4 heterocycles. The zero-order valence-electron chi connectivity index (χ0n) is 32.1. The summed E-state index contributed by atoms with van der Waals surface area (Å²) in [6.07, 6.45) is -0.431. The third-order valence-corrected chi connectivity index (χ3v) is 14.7. The van der Waals surface area contributed by atoms with E-state index in [9.17, 15) is 14.7 Å². The number of hydrogen-bond acceptors (Lipinski definition) is 6. The van der Waals surface area contributed by atoms with Gasteiger partial charge in [-0.25, -0.2) is 0 Å². The van der Waals surface area contributed by atoms with Crippen molar-refractivity contribution in [1.82, 2.24) is 4.90 Å². The van der Waals surface area contributed by atoms with Crippen molar-refractivity contribution in [2.24, 2.45) is 5.92 Å². The molecule has 0 aromatic heterocycles. The van der Waals surface area contributed by atoms with Gasteiger partial charge >= 0.3 is 0 Å². The third kappa shape index (κ3) is 6.07. The van der Waals surface area contributed by atoms with Crippen LogP contribution in [0.4, 0.5) is 21.2 Å². The summed E-state index contributed by atoms with van der Waals surface area (Å²) >= 11 is 0. The number of carbonyl (C=O) groups excluding carboxylic acids is 3. The summed E-state index contributed by atoms with van der Waals surface area (Å²) in [6.45, 7) is 5.45. The molecule has 290 valence electrons. The summed E-state index contributed by atoms with van der Waals surface area (Å²) in [5, 5.41) is 10.3. The van der Waals surface area contributed by atoms with Gasteiger partial charge in [-0.15, -0.1) is 0 Å². The van der Waals surface area contributed by atoms with Crippen molar-refractivity contribution in [3.63, 3.8) is 0 Å². The van der Waals surface area contributed by atoms with Crippen LogP contribution in [0.15, 0.2) is 121 Å². The first-order valence-electron chi connectivity index (χ1n) is 19.5. The maximum Gasteiger partial charge on any atom is 0.266 e. The Kier molecular flexibility index (Phi) is 9.14. The summed E-state index contributed by atoms with van der Waals surface area (Å²) in [5.41, 5.74) is 3.66. The van der Waals surface area contributed by atoms with Crippen molar-refractivity contribution in [2.75, 3.05) is 16.4 Å². The van der Waals surface area contributed by atoms with Crippen LogP contribution in [0.1, 0.15) is 46.0 Å². The highest BCUT2D eigenvalue weighted by molar-refractivity contribution is 6.72. The maximum atomic E-state index is 16.6. The molecule has 5 atom stereocenters. The van der Waals surface area contributed by atoms with Crippen LogP contribution in [0.25, 0.3) is 0 Å². The van der Waals surface area contributed by atoms with Crippen LogP contribution in [0.2, 0.25) is 18.6 Å². The lowest BCUT2D eigenvalue weighted by Gasteiger charge is -2.37. The van der Waals surface area contributed by atoms with E-state index < -0.39 is 37.6 Å². The second-order valence-corrected chi connectivity index (χ2v) is 19.9. The zero-order valence-corrected chi connectivity index (χ0v) is 33.1. The first kappa shape index (κ1) is 37.0. The van der Waals surface area contributed by atoms with Gasteiger partial charge in [0.15, 0.2) is 11.4 Å². The summed E-state index contributed by atoms with van der Waals surface area (Å²) in [7, 11) is -3.55. The SMILES string of the molecule is C[C@@H]1[C@@H]([Si](C)(C)F)[C@H](CC(=O)N2Cc3ccccc3C[C@H]2CO)O[C@@]12C(=O)N(Cc1cccc(N3C(=O)c4ccccc4Oc4ccccc43)c1)c1ccccc12. The molecule has 0 saturated carbocycles. The number of rotatable bonds is 7. The summed E-state index contributed by atoms with van der Waals surface area (Å²) < 4.78 is 29.7. The molecular formula is C46H44FN3O6Si. The Bertz CT molecular complexity index is 2420. The molecule has 57 heavy (non-hydrogen) atoms. The number of aliphatic hydroxyl groups is 1. The Morgan fingerprint density at radius 3 is 2.32 bits per heavy atom. The third-order valence-electron chi connectivity index (χ3n) is 12.3. The number of benzene rings is 5. The fraction of sp³-hybridized carbons (Fsp3) is 0.283. The molecule has 0 radical (unpaired) electrons. The van der Waals surface area contributed by atoms with Crippen LogP contribution >= 0.6 is 0 Å². The molecule has 1 N–H and O–H groups in total. The molecule has 11 heteroatoms. The molecule has 1 fully saturated rings. The van der Waals surface area contributed by atoms with Gasteiger partial charge in [0.05, 0.1) is 48.7 Å². The van der Waals surface area contributed by atoms with Crippen LogP contribution in [0, 0.1) is 5.92 Å². The van der Waals surface area contributed by atoms with Gasteiger partial charge in [0.2, 0.25) is 14.3 Å².